The second kappa shape index (κ2) is 11.7. The van der Waals surface area contributed by atoms with Crippen molar-refractivity contribution in [3.05, 3.63) is 131 Å². The summed E-state index contributed by atoms with van der Waals surface area (Å²) in [5.74, 6) is -3.50. The van der Waals surface area contributed by atoms with E-state index >= 15 is 0 Å². The van der Waals surface area contributed by atoms with Crippen LogP contribution in [0.1, 0.15) is 37.8 Å². The molecule has 5 rings (SSSR count). The number of aliphatic carboxylic acids is 1. The molecule has 1 atom stereocenters. The second-order valence-electron chi connectivity index (χ2n) is 9.16. The van der Waals surface area contributed by atoms with Crippen LogP contribution >= 0.6 is 0 Å². The molecule has 4 aromatic rings. The van der Waals surface area contributed by atoms with Crippen molar-refractivity contribution >= 4 is 23.9 Å². The summed E-state index contributed by atoms with van der Waals surface area (Å²) in [5.41, 5.74) is 4.25. The molecule has 0 saturated heterocycles. The molecule has 1 aliphatic rings. The fourth-order valence-corrected chi connectivity index (χ4v) is 4.80. The van der Waals surface area contributed by atoms with Gasteiger partial charge < -0.3 is 14.6 Å². The summed E-state index contributed by atoms with van der Waals surface area (Å²) in [5, 5.41) is 10.0. The number of esters is 1. The zero-order chi connectivity index (χ0) is 28.1. The summed E-state index contributed by atoms with van der Waals surface area (Å²) in [7, 11) is 0. The Hall–Kier alpha value is -5.24. The Labute approximate surface area is 230 Å². The molecule has 1 aliphatic carbocycles. The van der Waals surface area contributed by atoms with Gasteiger partial charge in [-0.25, -0.2) is 19.3 Å². The van der Waals surface area contributed by atoms with Crippen LogP contribution in [0.2, 0.25) is 0 Å². The summed E-state index contributed by atoms with van der Waals surface area (Å²) < 4.78 is 10.8. The van der Waals surface area contributed by atoms with Crippen molar-refractivity contribution in [3.63, 3.8) is 0 Å². The smallest absolute Gasteiger partial charge is 0.417 e. The van der Waals surface area contributed by atoms with Crippen molar-refractivity contribution in [2.45, 2.75) is 12.0 Å². The number of nitrogens with zero attached hydrogens (tertiary/aromatic N) is 1. The van der Waals surface area contributed by atoms with E-state index in [1.807, 2.05) is 48.5 Å². The predicted molar refractivity (Wildman–Crippen MR) is 146 cm³/mol. The molecule has 0 aromatic heterocycles. The minimum absolute atomic E-state index is 0.0802. The Bertz CT molecular complexity index is 1510. The molecule has 2 amide bonds. The molecule has 1 N–H and O–H groups in total. The Balaban J connectivity index is 1.40. The lowest BCUT2D eigenvalue weighted by Crippen LogP contribution is -2.51. The molecule has 0 heterocycles. The number of benzene rings is 4. The first-order chi connectivity index (χ1) is 19.5. The molecule has 0 spiro atoms. The van der Waals surface area contributed by atoms with Gasteiger partial charge >= 0.3 is 18.0 Å². The summed E-state index contributed by atoms with van der Waals surface area (Å²) in [6, 6.07) is 29.5. The van der Waals surface area contributed by atoms with Crippen molar-refractivity contribution in [1.29, 1.82) is 0 Å². The number of hydrogen-bond acceptors (Lipinski definition) is 6. The van der Waals surface area contributed by atoms with E-state index in [0.717, 1.165) is 22.3 Å². The zero-order valence-corrected chi connectivity index (χ0v) is 21.3. The van der Waals surface area contributed by atoms with Gasteiger partial charge in [0, 0.05) is 11.5 Å². The van der Waals surface area contributed by atoms with Crippen LogP contribution in [0, 0.1) is 0 Å². The summed E-state index contributed by atoms with van der Waals surface area (Å²) in [4.78, 5) is 52.3. The van der Waals surface area contributed by atoms with E-state index < -0.39 is 36.6 Å². The van der Waals surface area contributed by atoms with E-state index in [4.69, 9.17) is 9.47 Å². The van der Waals surface area contributed by atoms with Crippen molar-refractivity contribution in [2.24, 2.45) is 0 Å². The van der Waals surface area contributed by atoms with Gasteiger partial charge in [-0.3, -0.25) is 4.79 Å². The Kier molecular flexibility index (Phi) is 7.68. The fraction of sp³-hybridized carbons (Fsp3) is 0.125. The average molecular weight is 536 g/mol. The van der Waals surface area contributed by atoms with E-state index in [2.05, 4.69) is 0 Å². The molecule has 0 radical (unpaired) electrons. The maximum atomic E-state index is 13.5. The highest BCUT2D eigenvalue weighted by atomic mass is 16.6. The van der Waals surface area contributed by atoms with Gasteiger partial charge in [0.2, 0.25) is 0 Å². The Morgan fingerprint density at radius 3 is 1.73 bits per heavy atom. The first-order valence-corrected chi connectivity index (χ1v) is 12.6. The molecule has 0 aliphatic heterocycles. The first-order valence-electron chi connectivity index (χ1n) is 12.6. The van der Waals surface area contributed by atoms with Crippen LogP contribution in [0.25, 0.3) is 11.1 Å². The number of fused-ring (bicyclic) bond motifs is 3. The molecular weight excluding hydrogens is 510 g/mol. The van der Waals surface area contributed by atoms with Crippen molar-refractivity contribution in [2.75, 3.05) is 13.2 Å². The molecule has 8 heteroatoms. The highest BCUT2D eigenvalue weighted by molar-refractivity contribution is 6.05. The van der Waals surface area contributed by atoms with Gasteiger partial charge in [0.15, 0.2) is 6.04 Å². The number of carboxylic acid groups (broad SMARTS) is 1. The lowest BCUT2D eigenvalue weighted by Gasteiger charge is -2.27. The van der Waals surface area contributed by atoms with Crippen LogP contribution in [-0.4, -0.2) is 53.2 Å². The van der Waals surface area contributed by atoms with Gasteiger partial charge in [0.25, 0.3) is 5.91 Å². The monoisotopic (exact) mass is 535 g/mol. The number of rotatable bonds is 8. The Morgan fingerprint density at radius 1 is 0.675 bits per heavy atom. The maximum absolute atomic E-state index is 13.5. The standard InChI is InChI=1S/C32H25NO7/c34-29(21-11-3-1-4-12-21)33(28(30(35)36)20-39-31(37)22-13-5-2-6-14-22)32(38)40-19-27-25-17-9-7-15-23(25)24-16-8-10-18-26(24)27/h1-18,27-28H,19-20H2,(H,35,36)/t28-/m0/s1. The van der Waals surface area contributed by atoms with E-state index in [-0.39, 0.29) is 23.7 Å². The number of ether oxygens (including phenoxy) is 2. The van der Waals surface area contributed by atoms with Gasteiger partial charge in [-0.1, -0.05) is 84.9 Å². The number of carboxylic acids is 1. The van der Waals surface area contributed by atoms with Crippen LogP contribution in [0.3, 0.4) is 0 Å². The molecule has 0 unspecified atom stereocenters. The highest BCUT2D eigenvalue weighted by Gasteiger charge is 2.39. The van der Waals surface area contributed by atoms with Crippen molar-refractivity contribution in [3.8, 4) is 11.1 Å². The zero-order valence-electron chi connectivity index (χ0n) is 21.3. The number of hydrogen-bond donors (Lipinski definition) is 1. The van der Waals surface area contributed by atoms with Crippen molar-refractivity contribution < 1.29 is 33.8 Å². The number of carbonyl (C=O) groups is 4. The lowest BCUT2D eigenvalue weighted by molar-refractivity contribution is -0.143. The molecule has 200 valence electrons. The largest absolute Gasteiger partial charge is 0.480 e. The summed E-state index contributed by atoms with van der Waals surface area (Å²) in [6.45, 7) is -0.882. The van der Waals surface area contributed by atoms with Gasteiger partial charge in [-0.2, -0.15) is 0 Å². The molecule has 8 nitrogen and oxygen atoms in total. The molecule has 0 saturated carbocycles. The highest BCUT2D eigenvalue weighted by Crippen LogP contribution is 2.44. The quantitative estimate of drug-likeness (QED) is 0.301. The van der Waals surface area contributed by atoms with E-state index in [1.54, 1.807) is 36.4 Å². The molecule has 0 fully saturated rings. The van der Waals surface area contributed by atoms with Gasteiger partial charge in [0.1, 0.15) is 13.2 Å². The molecule has 40 heavy (non-hydrogen) atoms. The number of amides is 2. The first kappa shape index (κ1) is 26.4. The average Bonchev–Trinajstić information content (AvgIpc) is 3.32. The van der Waals surface area contributed by atoms with E-state index in [0.29, 0.717) is 4.90 Å². The van der Waals surface area contributed by atoms with Gasteiger partial charge in [-0.05, 0) is 46.5 Å². The molecule has 0 bridgehead atoms. The SMILES string of the molecule is O=C(OC[C@@H](C(=O)O)N(C(=O)OCC1c2ccccc2-c2ccccc21)C(=O)c1ccccc1)c1ccccc1. The van der Waals surface area contributed by atoms with Crippen LogP contribution in [-0.2, 0) is 14.3 Å². The van der Waals surface area contributed by atoms with Crippen LogP contribution in [0.15, 0.2) is 109 Å². The third-order valence-electron chi connectivity index (χ3n) is 6.75. The number of imide groups is 1. The maximum Gasteiger partial charge on any atom is 0.417 e. The Morgan fingerprint density at radius 2 is 1.18 bits per heavy atom. The fourth-order valence-electron chi connectivity index (χ4n) is 4.80. The van der Waals surface area contributed by atoms with Crippen LogP contribution in [0.4, 0.5) is 4.79 Å². The molecule has 4 aromatic carbocycles. The third-order valence-corrected chi connectivity index (χ3v) is 6.75. The summed E-state index contributed by atoms with van der Waals surface area (Å²) >= 11 is 0. The predicted octanol–water partition coefficient (Wildman–Crippen LogP) is 5.39. The van der Waals surface area contributed by atoms with Gasteiger partial charge in [-0.15, -0.1) is 0 Å². The lowest BCUT2D eigenvalue weighted by atomic mass is 9.98. The van der Waals surface area contributed by atoms with E-state index in [9.17, 15) is 24.3 Å². The van der Waals surface area contributed by atoms with Crippen LogP contribution in [0.5, 0.6) is 0 Å². The minimum atomic E-state index is -1.82. The second-order valence-corrected chi connectivity index (χ2v) is 9.16. The minimum Gasteiger partial charge on any atom is -0.480 e. The number of carbonyl (C=O) groups excluding carboxylic acids is 3. The third kappa shape index (κ3) is 5.33. The van der Waals surface area contributed by atoms with Crippen LogP contribution < -0.4 is 0 Å². The normalized spacial score (nSPS) is 12.5. The molecular formula is C32H25NO7. The topological polar surface area (TPSA) is 110 Å². The summed E-state index contributed by atoms with van der Waals surface area (Å²) in [6.07, 6.45) is -1.15. The van der Waals surface area contributed by atoms with Crippen molar-refractivity contribution in [1.82, 2.24) is 4.90 Å². The van der Waals surface area contributed by atoms with E-state index in [1.165, 1.54) is 24.3 Å². The van der Waals surface area contributed by atoms with Gasteiger partial charge in [0.05, 0.1) is 5.56 Å².